The third kappa shape index (κ3) is 1.19. The number of nitrogens with zero attached hydrogens (tertiary/aromatic N) is 1. The average molecular weight is 122 g/mol. The van der Waals surface area contributed by atoms with E-state index in [1.54, 1.807) is 19.4 Å². The molecule has 0 bridgehead atoms. The van der Waals surface area contributed by atoms with Gasteiger partial charge in [-0.1, -0.05) is 0 Å². The van der Waals surface area contributed by atoms with Crippen LogP contribution in [-0.4, -0.2) is 12.1 Å². The average Bonchev–Trinajstić information content (AvgIpc) is 1.89. The molecule has 1 aromatic heterocycles. The molecule has 0 aliphatic rings. The first-order valence-corrected chi connectivity index (χ1v) is 2.72. The molecule has 1 rings (SSSR count). The third-order valence-corrected chi connectivity index (χ3v) is 1.09. The first-order valence-electron chi connectivity index (χ1n) is 2.72. The highest BCUT2D eigenvalue weighted by atomic mass is 16.5. The largest absolute Gasteiger partial charge is 0.494 e. The summed E-state index contributed by atoms with van der Waals surface area (Å²) in [5.74, 6) is 0.720. The van der Waals surface area contributed by atoms with Crippen LogP contribution in [0.3, 0.4) is 0 Å². The van der Waals surface area contributed by atoms with Crippen molar-refractivity contribution < 1.29 is 4.74 Å². The minimum absolute atomic E-state index is 0.720. The smallest absolute Gasteiger partial charge is 0.148 e. The summed E-state index contributed by atoms with van der Waals surface area (Å²) >= 11 is 0. The van der Waals surface area contributed by atoms with Crippen LogP contribution >= 0.6 is 0 Å². The SMILES string of the molecule is COc1[c]ccnc1C. The third-order valence-electron chi connectivity index (χ3n) is 1.09. The van der Waals surface area contributed by atoms with Gasteiger partial charge in [0.2, 0.25) is 0 Å². The molecule has 0 fully saturated rings. The summed E-state index contributed by atoms with van der Waals surface area (Å²) in [4.78, 5) is 3.99. The van der Waals surface area contributed by atoms with E-state index >= 15 is 0 Å². The molecule has 9 heavy (non-hydrogen) atoms. The van der Waals surface area contributed by atoms with E-state index in [4.69, 9.17) is 4.74 Å². The van der Waals surface area contributed by atoms with Gasteiger partial charge in [-0.25, -0.2) is 0 Å². The van der Waals surface area contributed by atoms with Gasteiger partial charge in [0.25, 0.3) is 0 Å². The Morgan fingerprint density at radius 2 is 2.44 bits per heavy atom. The summed E-state index contributed by atoms with van der Waals surface area (Å²) in [5.41, 5.74) is 0.875. The number of methoxy groups -OCH3 is 1. The zero-order chi connectivity index (χ0) is 6.69. The quantitative estimate of drug-likeness (QED) is 0.558. The van der Waals surface area contributed by atoms with E-state index in [9.17, 15) is 0 Å². The molecule has 1 aromatic rings. The highest BCUT2D eigenvalue weighted by molar-refractivity contribution is 5.23. The maximum Gasteiger partial charge on any atom is 0.148 e. The summed E-state index contributed by atoms with van der Waals surface area (Å²) in [7, 11) is 1.61. The molecule has 0 aromatic carbocycles. The van der Waals surface area contributed by atoms with Crippen molar-refractivity contribution in [3.05, 3.63) is 24.0 Å². The molecule has 2 heteroatoms. The Hall–Kier alpha value is -1.05. The molecule has 0 saturated carbocycles. The van der Waals surface area contributed by atoms with Crippen molar-refractivity contribution in [2.24, 2.45) is 0 Å². The Morgan fingerprint density at radius 1 is 1.67 bits per heavy atom. The van der Waals surface area contributed by atoms with Crippen molar-refractivity contribution in [1.29, 1.82) is 0 Å². The van der Waals surface area contributed by atoms with Gasteiger partial charge in [-0.05, 0) is 13.0 Å². The summed E-state index contributed by atoms with van der Waals surface area (Å²) in [6, 6.07) is 4.63. The second kappa shape index (κ2) is 2.49. The van der Waals surface area contributed by atoms with Gasteiger partial charge in [0.1, 0.15) is 5.75 Å². The van der Waals surface area contributed by atoms with Crippen molar-refractivity contribution in [3.63, 3.8) is 0 Å². The minimum Gasteiger partial charge on any atom is -0.494 e. The van der Waals surface area contributed by atoms with Crippen LogP contribution in [0.2, 0.25) is 0 Å². The van der Waals surface area contributed by atoms with Crippen LogP contribution in [0.25, 0.3) is 0 Å². The zero-order valence-electron chi connectivity index (χ0n) is 5.51. The van der Waals surface area contributed by atoms with Gasteiger partial charge >= 0.3 is 0 Å². The van der Waals surface area contributed by atoms with Crippen LogP contribution in [-0.2, 0) is 0 Å². The monoisotopic (exact) mass is 122 g/mol. The van der Waals surface area contributed by atoms with Gasteiger partial charge in [0, 0.05) is 12.3 Å². The zero-order valence-corrected chi connectivity index (χ0v) is 5.51. The maximum atomic E-state index is 4.93. The van der Waals surface area contributed by atoms with E-state index in [1.807, 2.05) is 6.92 Å². The highest BCUT2D eigenvalue weighted by Crippen LogP contribution is 2.10. The van der Waals surface area contributed by atoms with Crippen LogP contribution in [0, 0.1) is 13.0 Å². The van der Waals surface area contributed by atoms with E-state index in [2.05, 4.69) is 11.1 Å². The lowest BCUT2D eigenvalue weighted by atomic mass is 10.3. The van der Waals surface area contributed by atoms with Crippen LogP contribution in [0.5, 0.6) is 5.75 Å². The molecular formula is C7H8NO. The van der Waals surface area contributed by atoms with Crippen molar-refractivity contribution in [2.45, 2.75) is 6.92 Å². The highest BCUT2D eigenvalue weighted by Gasteiger charge is 1.93. The number of hydrogen-bond donors (Lipinski definition) is 0. The molecule has 47 valence electrons. The van der Waals surface area contributed by atoms with Gasteiger partial charge in [-0.15, -0.1) is 0 Å². The first-order chi connectivity index (χ1) is 4.34. The molecule has 0 amide bonds. The van der Waals surface area contributed by atoms with Crippen molar-refractivity contribution in [2.75, 3.05) is 7.11 Å². The Morgan fingerprint density at radius 3 is 2.89 bits per heavy atom. The molecule has 0 saturated heterocycles. The normalized spacial score (nSPS) is 9.11. The molecular weight excluding hydrogens is 114 g/mol. The number of aromatic nitrogens is 1. The number of pyridine rings is 1. The second-order valence-corrected chi connectivity index (χ2v) is 1.71. The summed E-state index contributed by atoms with van der Waals surface area (Å²) < 4.78 is 4.93. The summed E-state index contributed by atoms with van der Waals surface area (Å²) in [6.07, 6.45) is 1.69. The number of rotatable bonds is 1. The molecule has 0 N–H and O–H groups in total. The fourth-order valence-corrected chi connectivity index (χ4v) is 0.632. The van der Waals surface area contributed by atoms with Crippen molar-refractivity contribution in [1.82, 2.24) is 4.98 Å². The number of ether oxygens (including phenoxy) is 1. The number of aryl methyl sites for hydroxylation is 1. The predicted octanol–water partition coefficient (Wildman–Crippen LogP) is 1.20. The summed E-state index contributed by atoms with van der Waals surface area (Å²) in [6.45, 7) is 1.88. The van der Waals surface area contributed by atoms with E-state index in [1.165, 1.54) is 0 Å². The molecule has 1 radical (unpaired) electrons. The van der Waals surface area contributed by atoms with E-state index in [0.717, 1.165) is 11.4 Å². The lowest BCUT2D eigenvalue weighted by molar-refractivity contribution is 0.408. The van der Waals surface area contributed by atoms with Crippen LogP contribution in [0.4, 0.5) is 0 Å². The second-order valence-electron chi connectivity index (χ2n) is 1.71. The van der Waals surface area contributed by atoms with Crippen LogP contribution in [0.15, 0.2) is 12.3 Å². The standard InChI is InChI=1S/C7H8NO/c1-6-7(9-2)4-3-5-8-6/h3,5H,1-2H3. The van der Waals surface area contributed by atoms with Gasteiger partial charge in [-0.3, -0.25) is 4.98 Å². The minimum atomic E-state index is 0.720. The first kappa shape index (κ1) is 6.08. The van der Waals surface area contributed by atoms with Gasteiger partial charge in [-0.2, -0.15) is 0 Å². The van der Waals surface area contributed by atoms with Crippen LogP contribution < -0.4 is 4.74 Å². The van der Waals surface area contributed by atoms with E-state index in [0.29, 0.717) is 0 Å². The Kier molecular flexibility index (Phi) is 1.68. The van der Waals surface area contributed by atoms with Gasteiger partial charge in [0.15, 0.2) is 0 Å². The lowest BCUT2D eigenvalue weighted by Crippen LogP contribution is -1.88. The Labute approximate surface area is 54.5 Å². The predicted molar refractivity (Wildman–Crippen MR) is 34.4 cm³/mol. The molecule has 0 atom stereocenters. The Balaban J connectivity index is 3.01. The topological polar surface area (TPSA) is 22.1 Å². The molecule has 0 aliphatic carbocycles. The Bertz CT molecular complexity index is 198. The molecule has 2 nitrogen and oxygen atoms in total. The molecule has 0 spiro atoms. The molecule has 1 heterocycles. The van der Waals surface area contributed by atoms with E-state index < -0.39 is 0 Å². The van der Waals surface area contributed by atoms with Crippen molar-refractivity contribution in [3.8, 4) is 5.75 Å². The number of hydrogen-bond acceptors (Lipinski definition) is 2. The van der Waals surface area contributed by atoms with Crippen molar-refractivity contribution >= 4 is 0 Å². The molecule has 0 unspecified atom stereocenters. The lowest BCUT2D eigenvalue weighted by Gasteiger charge is -1.98. The van der Waals surface area contributed by atoms with Gasteiger partial charge in [0.05, 0.1) is 12.8 Å². The van der Waals surface area contributed by atoms with E-state index in [-0.39, 0.29) is 0 Å². The van der Waals surface area contributed by atoms with Gasteiger partial charge < -0.3 is 4.74 Å². The fraction of sp³-hybridized carbons (Fsp3) is 0.286. The molecule has 0 aliphatic heterocycles. The fourth-order valence-electron chi connectivity index (χ4n) is 0.632. The van der Waals surface area contributed by atoms with Crippen LogP contribution in [0.1, 0.15) is 5.69 Å². The summed E-state index contributed by atoms with van der Waals surface area (Å²) in [5, 5.41) is 0. The maximum absolute atomic E-state index is 4.93.